The number of thioether (sulfide) groups is 1. The number of anilines is 1. The van der Waals surface area contributed by atoms with E-state index in [2.05, 4.69) is 12.0 Å². The highest BCUT2D eigenvalue weighted by atomic mass is 32.2. The number of nitrogens with zero attached hydrogens (tertiary/aromatic N) is 3. The van der Waals surface area contributed by atoms with Crippen LogP contribution in [0.25, 0.3) is 0 Å². The van der Waals surface area contributed by atoms with Crippen molar-refractivity contribution in [3.05, 3.63) is 11.9 Å². The van der Waals surface area contributed by atoms with Gasteiger partial charge in [-0.2, -0.15) is 16.9 Å². The van der Waals surface area contributed by atoms with Gasteiger partial charge in [0.15, 0.2) is 0 Å². The molecule has 2 rings (SSSR count). The standard InChI is InChI=1S/C10H16N4OS/c1-7-6-16-4-3-14(7)10(15)9-8(11)5-12-13(9)2/h5,7H,3-4,6,11H2,1-2H3. The second-order valence-electron chi connectivity index (χ2n) is 3.99. The molecule has 0 saturated carbocycles. The molecule has 2 N–H and O–H groups in total. The summed E-state index contributed by atoms with van der Waals surface area (Å²) in [6.07, 6.45) is 1.52. The van der Waals surface area contributed by atoms with Gasteiger partial charge in [-0.15, -0.1) is 0 Å². The zero-order valence-corrected chi connectivity index (χ0v) is 10.3. The summed E-state index contributed by atoms with van der Waals surface area (Å²) in [7, 11) is 1.74. The van der Waals surface area contributed by atoms with Crippen molar-refractivity contribution in [2.75, 3.05) is 23.8 Å². The highest BCUT2D eigenvalue weighted by Gasteiger charge is 2.27. The van der Waals surface area contributed by atoms with Crippen LogP contribution < -0.4 is 5.73 Å². The highest BCUT2D eigenvalue weighted by Crippen LogP contribution is 2.20. The number of rotatable bonds is 1. The van der Waals surface area contributed by atoms with E-state index in [1.54, 1.807) is 11.7 Å². The van der Waals surface area contributed by atoms with Gasteiger partial charge in [0.2, 0.25) is 0 Å². The van der Waals surface area contributed by atoms with Crippen molar-refractivity contribution >= 4 is 23.4 Å². The van der Waals surface area contributed by atoms with Crippen molar-refractivity contribution in [2.24, 2.45) is 7.05 Å². The van der Waals surface area contributed by atoms with Crippen LogP contribution >= 0.6 is 11.8 Å². The maximum Gasteiger partial charge on any atom is 0.274 e. The van der Waals surface area contributed by atoms with Crippen LogP contribution in [0.3, 0.4) is 0 Å². The number of nitrogen functional groups attached to an aromatic ring is 1. The average molecular weight is 240 g/mol. The number of aryl methyl sites for hydroxylation is 1. The number of carbonyl (C=O) groups is 1. The van der Waals surface area contributed by atoms with E-state index in [1.165, 1.54) is 6.20 Å². The lowest BCUT2D eigenvalue weighted by Crippen LogP contribution is -2.45. The molecule has 88 valence electrons. The first-order chi connectivity index (χ1) is 7.61. The first-order valence-corrected chi connectivity index (χ1v) is 6.43. The first-order valence-electron chi connectivity index (χ1n) is 5.27. The lowest BCUT2D eigenvalue weighted by Gasteiger charge is -2.33. The minimum absolute atomic E-state index is 0.00898. The van der Waals surface area contributed by atoms with Crippen molar-refractivity contribution in [1.82, 2.24) is 14.7 Å². The quantitative estimate of drug-likeness (QED) is 0.780. The molecule has 0 radical (unpaired) electrons. The number of carbonyl (C=O) groups excluding carboxylic acids is 1. The van der Waals surface area contributed by atoms with E-state index in [4.69, 9.17) is 5.73 Å². The smallest absolute Gasteiger partial charge is 0.274 e. The Hall–Kier alpha value is -1.17. The molecule has 0 aliphatic carbocycles. The maximum absolute atomic E-state index is 12.3. The second kappa shape index (κ2) is 4.37. The fourth-order valence-corrected chi connectivity index (χ4v) is 2.89. The summed E-state index contributed by atoms with van der Waals surface area (Å²) >= 11 is 1.88. The Balaban J connectivity index is 2.24. The van der Waals surface area contributed by atoms with Crippen LogP contribution in [-0.2, 0) is 7.05 Å². The van der Waals surface area contributed by atoms with Gasteiger partial charge in [0, 0.05) is 31.1 Å². The molecule has 0 aromatic carbocycles. The molecule has 2 heterocycles. The molecule has 1 aliphatic heterocycles. The maximum atomic E-state index is 12.3. The van der Waals surface area contributed by atoms with E-state index in [-0.39, 0.29) is 11.9 Å². The topological polar surface area (TPSA) is 64.2 Å². The normalized spacial score (nSPS) is 21.1. The van der Waals surface area contributed by atoms with E-state index < -0.39 is 0 Å². The molecule has 16 heavy (non-hydrogen) atoms. The lowest BCUT2D eigenvalue weighted by atomic mass is 10.2. The van der Waals surface area contributed by atoms with Crippen molar-refractivity contribution in [2.45, 2.75) is 13.0 Å². The number of hydrogen-bond acceptors (Lipinski definition) is 4. The van der Waals surface area contributed by atoms with Crippen LogP contribution in [-0.4, -0.2) is 44.7 Å². The van der Waals surface area contributed by atoms with Crippen LogP contribution in [0.2, 0.25) is 0 Å². The van der Waals surface area contributed by atoms with Gasteiger partial charge in [-0.05, 0) is 6.92 Å². The predicted octanol–water partition coefficient (Wildman–Crippen LogP) is 0.580. The molecule has 0 bridgehead atoms. The zero-order valence-electron chi connectivity index (χ0n) is 9.51. The number of hydrogen-bond donors (Lipinski definition) is 1. The monoisotopic (exact) mass is 240 g/mol. The Kier molecular flexibility index (Phi) is 3.09. The summed E-state index contributed by atoms with van der Waals surface area (Å²) in [5.41, 5.74) is 6.71. The molecule has 0 spiro atoms. The molecule has 1 aromatic rings. The molecule has 1 atom stereocenters. The van der Waals surface area contributed by atoms with Gasteiger partial charge in [-0.1, -0.05) is 0 Å². The average Bonchev–Trinajstić information content (AvgIpc) is 2.58. The number of amides is 1. The summed E-state index contributed by atoms with van der Waals surface area (Å²) in [5, 5.41) is 4.00. The van der Waals surface area contributed by atoms with Crippen LogP contribution in [0.1, 0.15) is 17.4 Å². The fraction of sp³-hybridized carbons (Fsp3) is 0.600. The molecule has 1 saturated heterocycles. The van der Waals surface area contributed by atoms with Crippen molar-refractivity contribution in [3.63, 3.8) is 0 Å². The molecule has 1 amide bonds. The van der Waals surface area contributed by atoms with Crippen LogP contribution in [0.15, 0.2) is 6.20 Å². The van der Waals surface area contributed by atoms with E-state index >= 15 is 0 Å². The Morgan fingerprint density at radius 3 is 3.00 bits per heavy atom. The molecule has 6 heteroatoms. The fourth-order valence-electron chi connectivity index (χ4n) is 1.88. The lowest BCUT2D eigenvalue weighted by molar-refractivity contribution is 0.0706. The van der Waals surface area contributed by atoms with Crippen molar-refractivity contribution < 1.29 is 4.79 Å². The third-order valence-electron chi connectivity index (χ3n) is 2.80. The van der Waals surface area contributed by atoms with Gasteiger partial charge in [0.25, 0.3) is 5.91 Å². The van der Waals surface area contributed by atoms with Crippen LogP contribution in [0.4, 0.5) is 5.69 Å². The minimum Gasteiger partial charge on any atom is -0.396 e. The van der Waals surface area contributed by atoms with Gasteiger partial charge in [-0.3, -0.25) is 9.48 Å². The molecule has 1 fully saturated rings. The Morgan fingerprint density at radius 1 is 1.69 bits per heavy atom. The number of nitrogens with two attached hydrogens (primary N) is 1. The van der Waals surface area contributed by atoms with Crippen molar-refractivity contribution in [1.29, 1.82) is 0 Å². The van der Waals surface area contributed by atoms with Gasteiger partial charge in [0.1, 0.15) is 5.69 Å². The molecular weight excluding hydrogens is 224 g/mol. The Labute approximate surface area is 99.0 Å². The van der Waals surface area contributed by atoms with Crippen molar-refractivity contribution in [3.8, 4) is 0 Å². The van der Waals surface area contributed by atoms with Gasteiger partial charge in [-0.25, -0.2) is 0 Å². The molecule has 1 aliphatic rings. The van der Waals surface area contributed by atoms with Gasteiger partial charge in [0.05, 0.1) is 11.9 Å². The summed E-state index contributed by atoms with van der Waals surface area (Å²) in [5.74, 6) is 1.97. The van der Waals surface area contributed by atoms with E-state index in [0.717, 1.165) is 18.1 Å². The van der Waals surface area contributed by atoms with Crippen LogP contribution in [0, 0.1) is 0 Å². The largest absolute Gasteiger partial charge is 0.396 e. The summed E-state index contributed by atoms with van der Waals surface area (Å²) in [6.45, 7) is 2.85. The second-order valence-corrected chi connectivity index (χ2v) is 5.14. The van der Waals surface area contributed by atoms with E-state index in [1.807, 2.05) is 16.7 Å². The van der Waals surface area contributed by atoms with Crippen LogP contribution in [0.5, 0.6) is 0 Å². The SMILES string of the molecule is CC1CSCCN1C(=O)c1c(N)cnn1C. The van der Waals surface area contributed by atoms with Gasteiger partial charge >= 0.3 is 0 Å². The Morgan fingerprint density at radius 2 is 2.44 bits per heavy atom. The molecule has 1 aromatic heterocycles. The third kappa shape index (κ3) is 1.89. The predicted molar refractivity (Wildman–Crippen MR) is 65.4 cm³/mol. The Bertz CT molecular complexity index is 384. The summed E-state index contributed by atoms with van der Waals surface area (Å²) in [6, 6.07) is 0.264. The minimum atomic E-state index is -0.00898. The molecule has 1 unspecified atom stereocenters. The number of aromatic nitrogens is 2. The summed E-state index contributed by atoms with van der Waals surface area (Å²) < 4.78 is 1.55. The van der Waals surface area contributed by atoms with Gasteiger partial charge < -0.3 is 10.6 Å². The highest BCUT2D eigenvalue weighted by molar-refractivity contribution is 7.99. The zero-order chi connectivity index (χ0) is 11.7. The van der Waals surface area contributed by atoms with E-state index in [9.17, 15) is 4.79 Å². The summed E-state index contributed by atoms with van der Waals surface area (Å²) in [4.78, 5) is 14.2. The molecular formula is C10H16N4OS. The van der Waals surface area contributed by atoms with E-state index in [0.29, 0.717) is 11.4 Å². The third-order valence-corrected chi connectivity index (χ3v) is 3.99. The first kappa shape index (κ1) is 11.3. The molecule has 5 nitrogen and oxygen atoms in total.